The lowest BCUT2D eigenvalue weighted by molar-refractivity contribution is 0.123. The number of rotatable bonds is 5. The molecule has 2 N–H and O–H groups in total. The number of nitrogens with two attached hydrogens (primary N) is 1. The van der Waals surface area contributed by atoms with Crippen molar-refractivity contribution in [3.63, 3.8) is 0 Å². The Hall–Kier alpha value is -1.04. The van der Waals surface area contributed by atoms with Crippen LogP contribution in [0.25, 0.3) is 0 Å². The van der Waals surface area contributed by atoms with Gasteiger partial charge in [0.1, 0.15) is 4.99 Å². The van der Waals surface area contributed by atoms with Crippen LogP contribution in [0, 0.1) is 5.92 Å². The Balaban J connectivity index is 1.51. The molecule has 1 aliphatic heterocycles. The predicted molar refractivity (Wildman–Crippen MR) is 84.6 cm³/mol. The first-order valence-electron chi connectivity index (χ1n) is 7.40. The molecule has 3 rings (SSSR count). The lowest BCUT2D eigenvalue weighted by atomic mass is 10.2. The molecule has 0 unspecified atom stereocenters. The maximum absolute atomic E-state index is 5.63. The van der Waals surface area contributed by atoms with Gasteiger partial charge in [-0.15, -0.1) is 0 Å². The summed E-state index contributed by atoms with van der Waals surface area (Å²) < 4.78 is 0. The fourth-order valence-corrected chi connectivity index (χ4v) is 2.87. The van der Waals surface area contributed by atoms with Crippen LogP contribution in [-0.2, 0) is 6.54 Å². The van der Waals surface area contributed by atoms with E-state index < -0.39 is 0 Å². The minimum Gasteiger partial charge on any atom is -0.388 e. The second kappa shape index (κ2) is 6.16. The number of nitrogens with zero attached hydrogens (tertiary/aromatic N) is 3. The summed E-state index contributed by atoms with van der Waals surface area (Å²) in [5.41, 5.74) is 7.61. The zero-order valence-electron chi connectivity index (χ0n) is 11.8. The van der Waals surface area contributed by atoms with Gasteiger partial charge in [0, 0.05) is 45.5 Å². The number of pyridine rings is 1. The molecule has 1 aromatic rings. The normalized spacial score (nSPS) is 21.0. The Morgan fingerprint density at radius 1 is 1.25 bits per heavy atom. The van der Waals surface area contributed by atoms with Gasteiger partial charge in [-0.2, -0.15) is 0 Å². The van der Waals surface area contributed by atoms with Gasteiger partial charge in [0.15, 0.2) is 0 Å². The summed E-state index contributed by atoms with van der Waals surface area (Å²) >= 11 is 4.98. The highest BCUT2D eigenvalue weighted by Gasteiger charge is 2.26. The van der Waals surface area contributed by atoms with E-state index in [4.69, 9.17) is 18.0 Å². The Morgan fingerprint density at radius 3 is 2.60 bits per heavy atom. The fourth-order valence-electron chi connectivity index (χ4n) is 2.76. The Morgan fingerprint density at radius 2 is 1.95 bits per heavy atom. The van der Waals surface area contributed by atoms with Crippen LogP contribution < -0.4 is 5.73 Å². The molecule has 2 heterocycles. The topological polar surface area (TPSA) is 45.4 Å². The molecule has 1 saturated heterocycles. The number of aromatic nitrogens is 1. The number of hydrogen-bond acceptors (Lipinski definition) is 4. The molecular weight excluding hydrogens is 268 g/mol. The van der Waals surface area contributed by atoms with E-state index in [1.54, 1.807) is 6.20 Å². The molecule has 0 aromatic carbocycles. The first-order valence-corrected chi connectivity index (χ1v) is 7.81. The van der Waals surface area contributed by atoms with Gasteiger partial charge < -0.3 is 10.6 Å². The minimum atomic E-state index is 0.376. The van der Waals surface area contributed by atoms with Crippen LogP contribution in [0.5, 0.6) is 0 Å². The summed E-state index contributed by atoms with van der Waals surface area (Å²) in [6.07, 6.45) is 4.69. The fraction of sp³-hybridized carbons (Fsp3) is 0.600. The zero-order valence-corrected chi connectivity index (χ0v) is 12.6. The van der Waals surface area contributed by atoms with E-state index in [9.17, 15) is 0 Å². The summed E-state index contributed by atoms with van der Waals surface area (Å²) in [6, 6.07) is 4.07. The van der Waals surface area contributed by atoms with Crippen LogP contribution in [0.15, 0.2) is 18.3 Å². The summed E-state index contributed by atoms with van der Waals surface area (Å²) in [7, 11) is 0. The maximum atomic E-state index is 5.63. The van der Waals surface area contributed by atoms with Gasteiger partial charge in [-0.3, -0.25) is 9.88 Å². The molecule has 0 spiro atoms. The molecule has 0 radical (unpaired) electrons. The van der Waals surface area contributed by atoms with Gasteiger partial charge in [0.25, 0.3) is 0 Å². The molecule has 1 saturated carbocycles. The Labute approximate surface area is 126 Å². The summed E-state index contributed by atoms with van der Waals surface area (Å²) in [6.45, 7) is 6.98. The van der Waals surface area contributed by atoms with E-state index >= 15 is 0 Å². The molecular formula is C15H22N4S. The quantitative estimate of drug-likeness (QED) is 0.827. The van der Waals surface area contributed by atoms with Gasteiger partial charge in [-0.05, 0) is 36.5 Å². The Bertz CT molecular complexity index is 479. The molecule has 4 nitrogen and oxygen atoms in total. The van der Waals surface area contributed by atoms with Crippen LogP contribution in [0.4, 0.5) is 0 Å². The second-order valence-corrected chi connectivity index (χ2v) is 6.37. The first-order chi connectivity index (χ1) is 9.70. The van der Waals surface area contributed by atoms with Crippen molar-refractivity contribution in [3.8, 4) is 0 Å². The molecule has 20 heavy (non-hydrogen) atoms. The molecule has 2 fully saturated rings. The van der Waals surface area contributed by atoms with Gasteiger partial charge in [0.2, 0.25) is 0 Å². The molecule has 0 bridgehead atoms. The highest BCUT2D eigenvalue weighted by atomic mass is 32.1. The lowest BCUT2D eigenvalue weighted by Crippen LogP contribution is -2.46. The summed E-state index contributed by atoms with van der Waals surface area (Å²) in [5, 5.41) is 0. The minimum absolute atomic E-state index is 0.376. The molecule has 0 amide bonds. The third kappa shape index (κ3) is 3.75. The van der Waals surface area contributed by atoms with Gasteiger partial charge in [-0.25, -0.2) is 0 Å². The molecule has 5 heteroatoms. The summed E-state index contributed by atoms with van der Waals surface area (Å²) in [5.74, 6) is 0.995. The van der Waals surface area contributed by atoms with Crippen LogP contribution in [0.1, 0.15) is 24.1 Å². The van der Waals surface area contributed by atoms with E-state index in [0.29, 0.717) is 4.99 Å². The van der Waals surface area contributed by atoms with E-state index in [1.807, 2.05) is 6.07 Å². The van der Waals surface area contributed by atoms with Crippen molar-refractivity contribution in [1.29, 1.82) is 0 Å². The van der Waals surface area contributed by atoms with Crippen molar-refractivity contribution in [3.05, 3.63) is 29.6 Å². The molecule has 2 aliphatic rings. The SMILES string of the molecule is NC(=S)c1cc(CN2CCN(CC3CC3)CC2)ccn1. The molecule has 1 aromatic heterocycles. The third-order valence-corrected chi connectivity index (χ3v) is 4.37. The van der Waals surface area contributed by atoms with E-state index in [0.717, 1.165) is 31.2 Å². The average molecular weight is 290 g/mol. The second-order valence-electron chi connectivity index (χ2n) is 5.93. The molecule has 0 atom stereocenters. The van der Waals surface area contributed by atoms with Crippen LogP contribution in [0.3, 0.4) is 0 Å². The van der Waals surface area contributed by atoms with E-state index in [1.165, 1.54) is 38.0 Å². The number of piperazine rings is 1. The standard InChI is InChI=1S/C15H22N4S/c16-15(20)14-9-13(3-4-17-14)11-19-7-5-18(6-8-19)10-12-1-2-12/h3-4,9,12H,1-2,5-8,10-11H2,(H2,16,20). The van der Waals surface area contributed by atoms with Crippen molar-refractivity contribution in [1.82, 2.24) is 14.8 Å². The Kier molecular flexibility index (Phi) is 4.29. The first kappa shape index (κ1) is 13.9. The van der Waals surface area contributed by atoms with Crippen LogP contribution in [-0.4, -0.2) is 52.5 Å². The predicted octanol–water partition coefficient (Wildman–Crippen LogP) is 1.24. The van der Waals surface area contributed by atoms with Crippen LogP contribution in [0.2, 0.25) is 0 Å². The molecule has 1 aliphatic carbocycles. The highest BCUT2D eigenvalue weighted by molar-refractivity contribution is 7.80. The van der Waals surface area contributed by atoms with E-state index in [-0.39, 0.29) is 0 Å². The van der Waals surface area contributed by atoms with Crippen molar-refractivity contribution in [2.75, 3.05) is 32.7 Å². The number of thiocarbonyl (C=S) groups is 1. The lowest BCUT2D eigenvalue weighted by Gasteiger charge is -2.34. The average Bonchev–Trinajstić information content (AvgIpc) is 3.25. The van der Waals surface area contributed by atoms with E-state index in [2.05, 4.69) is 20.9 Å². The largest absolute Gasteiger partial charge is 0.388 e. The van der Waals surface area contributed by atoms with Gasteiger partial charge in [-0.1, -0.05) is 12.2 Å². The van der Waals surface area contributed by atoms with Crippen LogP contribution >= 0.6 is 12.2 Å². The van der Waals surface area contributed by atoms with Crippen molar-refractivity contribution in [2.24, 2.45) is 11.7 Å². The zero-order chi connectivity index (χ0) is 13.9. The molecule has 108 valence electrons. The maximum Gasteiger partial charge on any atom is 0.122 e. The monoisotopic (exact) mass is 290 g/mol. The van der Waals surface area contributed by atoms with Gasteiger partial charge >= 0.3 is 0 Å². The summed E-state index contributed by atoms with van der Waals surface area (Å²) in [4.78, 5) is 9.68. The number of hydrogen-bond donors (Lipinski definition) is 1. The van der Waals surface area contributed by atoms with Gasteiger partial charge in [0.05, 0.1) is 5.69 Å². The smallest absolute Gasteiger partial charge is 0.122 e. The third-order valence-electron chi connectivity index (χ3n) is 4.16. The van der Waals surface area contributed by atoms with Crippen molar-refractivity contribution < 1.29 is 0 Å². The van der Waals surface area contributed by atoms with Crippen molar-refractivity contribution >= 4 is 17.2 Å². The van der Waals surface area contributed by atoms with Crippen molar-refractivity contribution in [2.45, 2.75) is 19.4 Å². The highest BCUT2D eigenvalue weighted by Crippen LogP contribution is 2.29.